The standard InChI is InChI=1S/C52H104N2O/c1-11-13-15-17-19-21-23-25-27-29-31-33-35-37-39-41-51(43-45-53(47(3)4)48(5)6)55-52(44-46-54(49(7)8)50(9)10)42-40-38-36-34-32-30-28-26-24-22-20-18-16-14-12-2/h25-28,47-52H,11-24,29-46H2,1-10H3/b27-25-,28-26-. The van der Waals surface area contributed by atoms with Crippen molar-refractivity contribution in [3.8, 4) is 0 Å². The van der Waals surface area contributed by atoms with Crippen molar-refractivity contribution in [2.24, 2.45) is 0 Å². The zero-order valence-electron chi connectivity index (χ0n) is 39.7. The maximum atomic E-state index is 7.24. The minimum atomic E-state index is 0.379. The third-order valence-corrected chi connectivity index (χ3v) is 12.0. The van der Waals surface area contributed by atoms with E-state index in [1.165, 1.54) is 193 Å². The molecule has 328 valence electrons. The normalized spacial score (nSPS) is 13.8. The molecule has 2 atom stereocenters. The minimum absolute atomic E-state index is 0.379. The van der Waals surface area contributed by atoms with Gasteiger partial charge in [0.05, 0.1) is 12.2 Å². The van der Waals surface area contributed by atoms with Crippen LogP contribution in [0, 0.1) is 0 Å². The summed E-state index contributed by atoms with van der Waals surface area (Å²) in [7, 11) is 0. The van der Waals surface area contributed by atoms with Crippen molar-refractivity contribution in [1.29, 1.82) is 0 Å². The van der Waals surface area contributed by atoms with Crippen molar-refractivity contribution < 1.29 is 4.74 Å². The van der Waals surface area contributed by atoms with E-state index in [-0.39, 0.29) is 0 Å². The van der Waals surface area contributed by atoms with Crippen LogP contribution in [0.4, 0.5) is 0 Å². The van der Waals surface area contributed by atoms with Crippen LogP contribution in [-0.4, -0.2) is 59.3 Å². The first-order chi connectivity index (χ1) is 26.6. The summed E-state index contributed by atoms with van der Waals surface area (Å²) in [6, 6.07) is 2.32. The number of nitrogens with zero attached hydrogens (tertiary/aromatic N) is 2. The van der Waals surface area contributed by atoms with Crippen LogP contribution in [0.1, 0.15) is 262 Å². The molecular formula is C52H104N2O. The molecule has 0 aliphatic carbocycles. The molecule has 0 aromatic heterocycles. The number of ether oxygens (including phenoxy) is 1. The maximum Gasteiger partial charge on any atom is 0.0591 e. The van der Waals surface area contributed by atoms with Gasteiger partial charge in [-0.1, -0.05) is 154 Å². The van der Waals surface area contributed by atoms with Gasteiger partial charge < -0.3 is 4.74 Å². The lowest BCUT2D eigenvalue weighted by Gasteiger charge is -2.34. The third-order valence-electron chi connectivity index (χ3n) is 12.0. The van der Waals surface area contributed by atoms with Gasteiger partial charge in [-0.2, -0.15) is 0 Å². The molecule has 0 N–H and O–H groups in total. The SMILES string of the molecule is CCCCCCCC/C=C\CCCCCCCC(CCN(C(C)C)C(C)C)OC(CCCCCCC/C=C\CCCCCCCC)CCN(C(C)C)C(C)C. The lowest BCUT2D eigenvalue weighted by atomic mass is 10.0. The van der Waals surface area contributed by atoms with E-state index >= 15 is 0 Å². The van der Waals surface area contributed by atoms with Crippen molar-refractivity contribution in [3.05, 3.63) is 24.3 Å². The Hall–Kier alpha value is -0.640. The molecule has 3 heteroatoms. The number of allylic oxidation sites excluding steroid dienone is 4. The molecule has 0 radical (unpaired) electrons. The van der Waals surface area contributed by atoms with Crippen molar-refractivity contribution in [1.82, 2.24) is 9.80 Å². The van der Waals surface area contributed by atoms with Gasteiger partial charge in [-0.3, -0.25) is 9.80 Å². The molecule has 0 heterocycles. The van der Waals surface area contributed by atoms with Gasteiger partial charge in [-0.15, -0.1) is 0 Å². The number of hydrogen-bond acceptors (Lipinski definition) is 3. The van der Waals surface area contributed by atoms with Crippen LogP contribution in [0.25, 0.3) is 0 Å². The molecule has 0 bridgehead atoms. The molecular weight excluding hydrogens is 669 g/mol. The molecule has 0 saturated heterocycles. The second-order valence-corrected chi connectivity index (χ2v) is 18.6. The van der Waals surface area contributed by atoms with Crippen molar-refractivity contribution in [2.75, 3.05) is 13.1 Å². The Morgan fingerprint density at radius 2 is 0.582 bits per heavy atom. The quantitative estimate of drug-likeness (QED) is 0.0454. The summed E-state index contributed by atoms with van der Waals surface area (Å²) in [5.74, 6) is 0. The summed E-state index contributed by atoms with van der Waals surface area (Å²) in [5, 5.41) is 0. The Kier molecular flexibility index (Phi) is 39.7. The summed E-state index contributed by atoms with van der Waals surface area (Å²) in [6.07, 6.45) is 50.8. The van der Waals surface area contributed by atoms with Gasteiger partial charge in [0, 0.05) is 37.3 Å². The summed E-state index contributed by atoms with van der Waals surface area (Å²) in [4.78, 5) is 5.35. The Morgan fingerprint density at radius 3 is 0.855 bits per heavy atom. The van der Waals surface area contributed by atoms with Crippen LogP contribution in [0.3, 0.4) is 0 Å². The molecule has 0 fully saturated rings. The fourth-order valence-corrected chi connectivity index (χ4v) is 8.53. The largest absolute Gasteiger partial charge is 0.375 e. The highest BCUT2D eigenvalue weighted by atomic mass is 16.5. The van der Waals surface area contributed by atoms with E-state index in [1.807, 2.05) is 0 Å². The number of unbranched alkanes of at least 4 members (excludes halogenated alkanes) is 22. The van der Waals surface area contributed by atoms with E-state index in [2.05, 4.69) is 103 Å². The molecule has 2 unspecified atom stereocenters. The van der Waals surface area contributed by atoms with Crippen molar-refractivity contribution >= 4 is 0 Å². The first-order valence-electron chi connectivity index (χ1n) is 25.1. The van der Waals surface area contributed by atoms with Gasteiger partial charge in [-0.25, -0.2) is 0 Å². The lowest BCUT2D eigenvalue weighted by molar-refractivity contribution is -0.0416. The maximum absolute atomic E-state index is 7.24. The van der Waals surface area contributed by atoms with Gasteiger partial charge in [0.1, 0.15) is 0 Å². The summed E-state index contributed by atoms with van der Waals surface area (Å²) in [6.45, 7) is 25.8. The van der Waals surface area contributed by atoms with Crippen LogP contribution in [0.2, 0.25) is 0 Å². The molecule has 0 saturated carbocycles. The van der Waals surface area contributed by atoms with E-state index in [1.54, 1.807) is 0 Å². The fraction of sp³-hybridized carbons (Fsp3) is 0.923. The Labute approximate surface area is 349 Å². The molecule has 55 heavy (non-hydrogen) atoms. The fourth-order valence-electron chi connectivity index (χ4n) is 8.53. The Bertz CT molecular complexity index is 734. The van der Waals surface area contributed by atoms with Crippen LogP contribution in [-0.2, 0) is 4.74 Å². The average molecular weight is 773 g/mol. The van der Waals surface area contributed by atoms with Gasteiger partial charge in [0.25, 0.3) is 0 Å². The molecule has 0 aliphatic rings. The van der Waals surface area contributed by atoms with Crippen molar-refractivity contribution in [2.45, 2.75) is 298 Å². The van der Waals surface area contributed by atoms with Crippen LogP contribution in [0.5, 0.6) is 0 Å². The topological polar surface area (TPSA) is 15.7 Å². The lowest BCUT2D eigenvalue weighted by Crippen LogP contribution is -2.40. The second kappa shape index (κ2) is 40.2. The molecule has 0 spiro atoms. The van der Waals surface area contributed by atoms with Gasteiger partial charge in [0.15, 0.2) is 0 Å². The highest BCUT2D eigenvalue weighted by molar-refractivity contribution is 4.82. The number of hydrogen-bond donors (Lipinski definition) is 0. The molecule has 0 rings (SSSR count). The Morgan fingerprint density at radius 1 is 0.327 bits per heavy atom. The minimum Gasteiger partial charge on any atom is -0.375 e. The molecule has 0 aliphatic heterocycles. The van der Waals surface area contributed by atoms with E-state index in [0.717, 1.165) is 13.1 Å². The smallest absolute Gasteiger partial charge is 0.0591 e. The van der Waals surface area contributed by atoms with Gasteiger partial charge >= 0.3 is 0 Å². The monoisotopic (exact) mass is 773 g/mol. The average Bonchev–Trinajstić information content (AvgIpc) is 3.13. The van der Waals surface area contributed by atoms with E-state index in [4.69, 9.17) is 4.74 Å². The van der Waals surface area contributed by atoms with E-state index in [9.17, 15) is 0 Å². The first-order valence-corrected chi connectivity index (χ1v) is 25.1. The molecule has 0 aromatic carbocycles. The Balaban J connectivity index is 4.93. The highest BCUT2D eigenvalue weighted by Gasteiger charge is 2.22. The van der Waals surface area contributed by atoms with Crippen molar-refractivity contribution in [3.63, 3.8) is 0 Å². The molecule has 0 aromatic rings. The molecule has 0 amide bonds. The van der Waals surface area contributed by atoms with E-state index < -0.39 is 0 Å². The summed E-state index contributed by atoms with van der Waals surface area (Å²) >= 11 is 0. The third kappa shape index (κ3) is 35.1. The van der Waals surface area contributed by atoms with Crippen LogP contribution < -0.4 is 0 Å². The zero-order chi connectivity index (χ0) is 40.8. The predicted molar refractivity (Wildman–Crippen MR) is 251 cm³/mol. The van der Waals surface area contributed by atoms with Gasteiger partial charge in [0.2, 0.25) is 0 Å². The summed E-state index contributed by atoms with van der Waals surface area (Å²) in [5.41, 5.74) is 0. The molecule has 3 nitrogen and oxygen atoms in total. The first kappa shape index (κ1) is 54.4. The second-order valence-electron chi connectivity index (χ2n) is 18.6. The zero-order valence-corrected chi connectivity index (χ0v) is 39.7. The van der Waals surface area contributed by atoms with Crippen LogP contribution in [0.15, 0.2) is 24.3 Å². The predicted octanol–water partition coefficient (Wildman–Crippen LogP) is 16.8. The van der Waals surface area contributed by atoms with E-state index in [0.29, 0.717) is 36.4 Å². The van der Waals surface area contributed by atoms with Crippen LogP contribution >= 0.6 is 0 Å². The van der Waals surface area contributed by atoms with Gasteiger partial charge in [-0.05, 0) is 132 Å². The number of rotatable bonds is 42. The highest BCUT2D eigenvalue weighted by Crippen LogP contribution is 2.22. The summed E-state index contributed by atoms with van der Waals surface area (Å²) < 4.78 is 7.24.